The minimum absolute atomic E-state index is 0.113. The smallest absolute Gasteiger partial charge is 0.340 e. The highest BCUT2D eigenvalue weighted by molar-refractivity contribution is 7.85. The second-order valence-corrected chi connectivity index (χ2v) is 7.75. The van der Waals surface area contributed by atoms with Crippen LogP contribution in [0.3, 0.4) is 0 Å². The molecule has 7 heteroatoms. The van der Waals surface area contributed by atoms with E-state index in [-0.39, 0.29) is 10.5 Å². The molecule has 0 aliphatic carbocycles. The van der Waals surface area contributed by atoms with Crippen LogP contribution in [-0.2, 0) is 14.9 Å². The zero-order chi connectivity index (χ0) is 19.4. The normalized spacial score (nSPS) is 11.3. The number of ether oxygens (including phenoxy) is 1. The average molecular weight is 386 g/mol. The molecule has 0 aliphatic heterocycles. The van der Waals surface area contributed by atoms with Crippen molar-refractivity contribution in [1.82, 2.24) is 0 Å². The van der Waals surface area contributed by atoms with Gasteiger partial charge in [-0.1, -0.05) is 51.9 Å². The van der Waals surface area contributed by atoms with E-state index < -0.39 is 16.1 Å². The van der Waals surface area contributed by atoms with Gasteiger partial charge in [-0.15, -0.1) is 0 Å². The Morgan fingerprint density at radius 3 is 2.23 bits per heavy atom. The summed E-state index contributed by atoms with van der Waals surface area (Å²) in [7, 11) is -4.37. The summed E-state index contributed by atoms with van der Waals surface area (Å²) in [5.41, 5.74) is 0.599. The molecule has 148 valence electrons. The molecule has 1 aromatic carbocycles. The van der Waals surface area contributed by atoms with Crippen molar-refractivity contribution in [2.75, 3.05) is 18.5 Å². The van der Waals surface area contributed by atoms with Crippen molar-refractivity contribution in [3.05, 3.63) is 23.8 Å². The number of hydrogen-bond acceptors (Lipinski definition) is 5. The third-order valence-electron chi connectivity index (χ3n) is 4.11. The molecule has 0 atom stereocenters. The van der Waals surface area contributed by atoms with Gasteiger partial charge in [0.05, 0.1) is 17.1 Å². The first kappa shape index (κ1) is 22.4. The van der Waals surface area contributed by atoms with Crippen molar-refractivity contribution >= 4 is 21.8 Å². The molecule has 0 heterocycles. The van der Waals surface area contributed by atoms with Gasteiger partial charge in [-0.05, 0) is 31.5 Å². The molecule has 6 nitrogen and oxygen atoms in total. The zero-order valence-corrected chi connectivity index (χ0v) is 16.6. The van der Waals surface area contributed by atoms with E-state index in [2.05, 4.69) is 12.2 Å². The SMILES string of the molecule is CCCCCCCCCCOC(=O)c1cc(S(=O)(=O)O)ccc1NCC. The first-order valence-corrected chi connectivity index (χ1v) is 10.9. The van der Waals surface area contributed by atoms with Crippen LogP contribution in [0.25, 0.3) is 0 Å². The van der Waals surface area contributed by atoms with Gasteiger partial charge in [0.1, 0.15) is 0 Å². The van der Waals surface area contributed by atoms with Gasteiger partial charge >= 0.3 is 5.97 Å². The van der Waals surface area contributed by atoms with Crippen molar-refractivity contribution in [1.29, 1.82) is 0 Å². The molecule has 0 aromatic heterocycles. The van der Waals surface area contributed by atoms with E-state index in [1.807, 2.05) is 6.92 Å². The van der Waals surface area contributed by atoms with Gasteiger partial charge < -0.3 is 10.1 Å². The summed E-state index contributed by atoms with van der Waals surface area (Å²) in [6, 6.07) is 3.85. The molecule has 0 saturated carbocycles. The molecule has 0 unspecified atom stereocenters. The quantitative estimate of drug-likeness (QED) is 0.291. The van der Waals surface area contributed by atoms with E-state index >= 15 is 0 Å². The number of esters is 1. The fourth-order valence-corrected chi connectivity index (χ4v) is 3.18. The van der Waals surface area contributed by atoms with Crippen molar-refractivity contribution in [3.63, 3.8) is 0 Å². The number of carbonyl (C=O) groups excluding carboxylic acids is 1. The minimum atomic E-state index is -4.37. The van der Waals surface area contributed by atoms with Gasteiger partial charge in [0.25, 0.3) is 10.1 Å². The van der Waals surface area contributed by atoms with Gasteiger partial charge in [0.15, 0.2) is 0 Å². The largest absolute Gasteiger partial charge is 0.462 e. The highest BCUT2D eigenvalue weighted by Gasteiger charge is 2.18. The highest BCUT2D eigenvalue weighted by Crippen LogP contribution is 2.21. The topological polar surface area (TPSA) is 92.7 Å². The van der Waals surface area contributed by atoms with E-state index in [1.165, 1.54) is 44.2 Å². The second kappa shape index (κ2) is 11.9. The number of rotatable bonds is 13. The van der Waals surface area contributed by atoms with Crippen LogP contribution in [0.2, 0.25) is 0 Å². The summed E-state index contributed by atoms with van der Waals surface area (Å²) >= 11 is 0. The summed E-state index contributed by atoms with van der Waals surface area (Å²) in [6.45, 7) is 4.94. The first-order chi connectivity index (χ1) is 12.4. The van der Waals surface area contributed by atoms with Crippen LogP contribution in [-0.4, -0.2) is 32.1 Å². The predicted molar refractivity (Wildman–Crippen MR) is 103 cm³/mol. The lowest BCUT2D eigenvalue weighted by molar-refractivity contribution is 0.0498. The number of nitrogens with one attached hydrogen (secondary N) is 1. The third-order valence-corrected chi connectivity index (χ3v) is 4.96. The average Bonchev–Trinajstić information content (AvgIpc) is 2.59. The monoisotopic (exact) mass is 385 g/mol. The lowest BCUT2D eigenvalue weighted by atomic mass is 10.1. The van der Waals surface area contributed by atoms with Crippen molar-refractivity contribution < 1.29 is 22.5 Å². The molecule has 0 amide bonds. The summed E-state index contributed by atoms with van der Waals surface area (Å²) in [4.78, 5) is 12.0. The van der Waals surface area contributed by atoms with Gasteiger partial charge in [0.2, 0.25) is 0 Å². The van der Waals surface area contributed by atoms with Crippen LogP contribution >= 0.6 is 0 Å². The van der Waals surface area contributed by atoms with E-state index in [0.717, 1.165) is 25.3 Å². The third kappa shape index (κ3) is 8.19. The molecule has 0 fully saturated rings. The molecule has 0 aliphatic rings. The standard InChI is InChI=1S/C19H31NO5S/c1-3-5-6-7-8-9-10-11-14-25-19(21)17-15-16(26(22,23)24)12-13-18(17)20-4-2/h12-13,15,20H,3-11,14H2,1-2H3,(H,22,23,24). The number of unbranched alkanes of at least 4 members (excludes halogenated alkanes) is 7. The molecule has 0 spiro atoms. The molecule has 2 N–H and O–H groups in total. The maximum absolute atomic E-state index is 12.3. The maximum atomic E-state index is 12.3. The van der Waals surface area contributed by atoms with Gasteiger partial charge in [-0.2, -0.15) is 8.42 Å². The molecule has 1 aromatic rings. The highest BCUT2D eigenvalue weighted by atomic mass is 32.2. The summed E-state index contributed by atoms with van der Waals surface area (Å²) in [6.07, 6.45) is 9.18. The predicted octanol–water partition coefficient (Wildman–Crippen LogP) is 4.66. The van der Waals surface area contributed by atoms with E-state index in [1.54, 1.807) is 0 Å². The van der Waals surface area contributed by atoms with Crippen LogP contribution in [0.5, 0.6) is 0 Å². The summed E-state index contributed by atoms with van der Waals surface area (Å²) in [5, 5.41) is 2.99. The van der Waals surface area contributed by atoms with E-state index in [4.69, 9.17) is 9.29 Å². The number of carbonyl (C=O) groups is 1. The van der Waals surface area contributed by atoms with E-state index in [0.29, 0.717) is 18.8 Å². The fourth-order valence-electron chi connectivity index (χ4n) is 2.68. The molecule has 26 heavy (non-hydrogen) atoms. The van der Waals surface area contributed by atoms with Gasteiger partial charge in [-0.25, -0.2) is 4.79 Å². The number of anilines is 1. The maximum Gasteiger partial charge on any atom is 0.340 e. The first-order valence-electron chi connectivity index (χ1n) is 9.42. The molecule has 0 radical (unpaired) electrons. The molecular formula is C19H31NO5S. The Hall–Kier alpha value is -1.60. The number of hydrogen-bond donors (Lipinski definition) is 2. The summed E-state index contributed by atoms with van der Waals surface area (Å²) in [5.74, 6) is -0.589. The Bertz CT molecular complexity index is 658. The fraction of sp³-hybridized carbons (Fsp3) is 0.632. The molecular weight excluding hydrogens is 354 g/mol. The van der Waals surface area contributed by atoms with Crippen molar-refractivity contribution in [3.8, 4) is 0 Å². The molecule has 0 saturated heterocycles. The molecule has 0 bridgehead atoms. The lowest BCUT2D eigenvalue weighted by Gasteiger charge is -2.12. The molecule has 1 rings (SSSR count). The lowest BCUT2D eigenvalue weighted by Crippen LogP contribution is -2.12. The van der Waals surface area contributed by atoms with Gasteiger partial charge in [0, 0.05) is 12.2 Å². The van der Waals surface area contributed by atoms with Crippen LogP contribution in [0.1, 0.15) is 75.6 Å². The Morgan fingerprint density at radius 1 is 1.04 bits per heavy atom. The zero-order valence-electron chi connectivity index (χ0n) is 15.8. The Kier molecular flexibility index (Phi) is 10.3. The Labute approximate surface area is 157 Å². The summed E-state index contributed by atoms with van der Waals surface area (Å²) < 4.78 is 37.0. The van der Waals surface area contributed by atoms with Crippen molar-refractivity contribution in [2.45, 2.75) is 70.1 Å². The van der Waals surface area contributed by atoms with E-state index in [9.17, 15) is 13.2 Å². The van der Waals surface area contributed by atoms with Crippen molar-refractivity contribution in [2.24, 2.45) is 0 Å². The van der Waals surface area contributed by atoms with Crippen LogP contribution < -0.4 is 5.32 Å². The van der Waals surface area contributed by atoms with Crippen LogP contribution in [0, 0.1) is 0 Å². The Balaban J connectivity index is 2.50. The second-order valence-electron chi connectivity index (χ2n) is 6.32. The Morgan fingerprint density at radius 2 is 1.65 bits per heavy atom. The van der Waals surface area contributed by atoms with Gasteiger partial charge in [-0.3, -0.25) is 4.55 Å². The minimum Gasteiger partial charge on any atom is -0.462 e. The number of benzene rings is 1. The van der Waals surface area contributed by atoms with Crippen LogP contribution in [0.15, 0.2) is 23.1 Å². The van der Waals surface area contributed by atoms with Crippen LogP contribution in [0.4, 0.5) is 5.69 Å².